The van der Waals surface area contributed by atoms with Crippen molar-refractivity contribution in [3.8, 4) is 0 Å². The van der Waals surface area contributed by atoms with Gasteiger partial charge in [0.2, 0.25) is 0 Å². The molecule has 0 N–H and O–H groups in total. The molecule has 0 unspecified atom stereocenters. The third-order valence-corrected chi connectivity index (χ3v) is 2.64. The summed E-state index contributed by atoms with van der Waals surface area (Å²) in [5, 5.41) is 0.494. The molecule has 0 heterocycles. The Morgan fingerprint density at radius 1 is 1.40 bits per heavy atom. The molecule has 0 radical (unpaired) electrons. The first-order valence-electron chi connectivity index (χ1n) is 4.14. The van der Waals surface area contributed by atoms with Crippen molar-refractivity contribution >= 4 is 12.6 Å². The molecule has 0 aromatic heterocycles. The fourth-order valence-electron chi connectivity index (χ4n) is 1.49. The molecule has 1 aliphatic rings. The van der Waals surface area contributed by atoms with E-state index in [1.807, 2.05) is 0 Å². The van der Waals surface area contributed by atoms with Gasteiger partial charge in [-0.3, -0.25) is 0 Å². The average Bonchev–Trinajstić information content (AvgIpc) is 1.94. The van der Waals surface area contributed by atoms with Crippen LogP contribution in [0, 0.1) is 0 Å². The van der Waals surface area contributed by atoms with Crippen LogP contribution in [-0.2, 0) is 4.74 Å². The van der Waals surface area contributed by atoms with Crippen molar-refractivity contribution in [1.82, 2.24) is 0 Å². The fraction of sp³-hybridized carbons (Fsp3) is 1.00. The van der Waals surface area contributed by atoms with Gasteiger partial charge in [0.15, 0.2) is 0 Å². The molecular weight excluding hydrogens is 144 g/mol. The molecule has 60 valence electrons. The van der Waals surface area contributed by atoms with Crippen LogP contribution >= 0.6 is 12.6 Å². The topological polar surface area (TPSA) is 9.23 Å². The Morgan fingerprint density at radius 2 is 2.10 bits per heavy atom. The summed E-state index contributed by atoms with van der Waals surface area (Å²) in [4.78, 5) is 0. The standard InChI is InChI=1S/C8H16OS/c1-2-9-7-5-3-4-6-8(7)10/h7-8,10H,2-6H2,1H3/t7-,8-/m0/s1. The summed E-state index contributed by atoms with van der Waals surface area (Å²) in [5.41, 5.74) is 0. The number of hydrogen-bond donors (Lipinski definition) is 1. The van der Waals surface area contributed by atoms with E-state index in [2.05, 4.69) is 19.6 Å². The minimum atomic E-state index is 0.432. The maximum atomic E-state index is 5.52. The second-order valence-electron chi connectivity index (χ2n) is 2.85. The summed E-state index contributed by atoms with van der Waals surface area (Å²) in [7, 11) is 0. The molecule has 0 spiro atoms. The van der Waals surface area contributed by atoms with Crippen molar-refractivity contribution in [2.24, 2.45) is 0 Å². The SMILES string of the molecule is CCO[C@H]1CCCC[C@@H]1S. The normalized spacial score (nSPS) is 34.2. The van der Waals surface area contributed by atoms with Gasteiger partial charge in [0, 0.05) is 11.9 Å². The van der Waals surface area contributed by atoms with Gasteiger partial charge in [-0.1, -0.05) is 12.8 Å². The molecule has 10 heavy (non-hydrogen) atoms. The summed E-state index contributed by atoms with van der Waals surface area (Å²) < 4.78 is 5.52. The zero-order valence-corrected chi connectivity index (χ0v) is 7.44. The Hall–Kier alpha value is 0.310. The molecule has 1 rings (SSSR count). The van der Waals surface area contributed by atoms with Crippen molar-refractivity contribution in [3.05, 3.63) is 0 Å². The van der Waals surface area contributed by atoms with Crippen molar-refractivity contribution in [3.63, 3.8) is 0 Å². The third kappa shape index (κ3) is 2.17. The van der Waals surface area contributed by atoms with Gasteiger partial charge in [-0.15, -0.1) is 0 Å². The zero-order valence-electron chi connectivity index (χ0n) is 6.55. The fourth-order valence-corrected chi connectivity index (χ4v) is 1.90. The van der Waals surface area contributed by atoms with E-state index >= 15 is 0 Å². The van der Waals surface area contributed by atoms with Crippen LogP contribution in [-0.4, -0.2) is 18.0 Å². The summed E-state index contributed by atoms with van der Waals surface area (Å²) in [5.74, 6) is 0. The number of hydrogen-bond acceptors (Lipinski definition) is 2. The first kappa shape index (κ1) is 8.41. The van der Waals surface area contributed by atoms with Crippen LogP contribution in [0.25, 0.3) is 0 Å². The van der Waals surface area contributed by atoms with Crippen LogP contribution < -0.4 is 0 Å². The highest BCUT2D eigenvalue weighted by Gasteiger charge is 2.21. The number of ether oxygens (including phenoxy) is 1. The van der Waals surface area contributed by atoms with E-state index in [9.17, 15) is 0 Å². The molecule has 0 bridgehead atoms. The largest absolute Gasteiger partial charge is 0.377 e. The van der Waals surface area contributed by atoms with Crippen LogP contribution in [0.3, 0.4) is 0 Å². The maximum absolute atomic E-state index is 5.52. The first-order chi connectivity index (χ1) is 4.84. The molecule has 0 aromatic rings. The van der Waals surface area contributed by atoms with Crippen molar-refractivity contribution in [2.45, 2.75) is 44.0 Å². The lowest BCUT2D eigenvalue weighted by Crippen LogP contribution is -2.28. The molecule has 0 saturated heterocycles. The first-order valence-corrected chi connectivity index (χ1v) is 4.66. The smallest absolute Gasteiger partial charge is 0.0690 e. The van der Waals surface area contributed by atoms with E-state index < -0.39 is 0 Å². The quantitative estimate of drug-likeness (QED) is 0.610. The Labute approximate surface area is 68.6 Å². The van der Waals surface area contributed by atoms with E-state index in [0.717, 1.165) is 6.61 Å². The Bertz CT molecular complexity index is 93.3. The zero-order chi connectivity index (χ0) is 7.40. The second kappa shape index (κ2) is 4.24. The number of thiol groups is 1. The number of rotatable bonds is 2. The Kier molecular flexibility index (Phi) is 3.57. The molecule has 1 nitrogen and oxygen atoms in total. The summed E-state index contributed by atoms with van der Waals surface area (Å²) >= 11 is 4.47. The average molecular weight is 160 g/mol. The Balaban J connectivity index is 2.25. The van der Waals surface area contributed by atoms with Gasteiger partial charge in [-0.25, -0.2) is 0 Å². The van der Waals surface area contributed by atoms with Crippen LogP contribution in [0.5, 0.6) is 0 Å². The minimum absolute atomic E-state index is 0.432. The molecule has 1 saturated carbocycles. The van der Waals surface area contributed by atoms with Gasteiger partial charge in [0.05, 0.1) is 6.10 Å². The third-order valence-electron chi connectivity index (χ3n) is 2.05. The lowest BCUT2D eigenvalue weighted by Gasteiger charge is -2.27. The summed E-state index contributed by atoms with van der Waals surface area (Å²) in [6.07, 6.45) is 5.52. The highest BCUT2D eigenvalue weighted by atomic mass is 32.1. The van der Waals surface area contributed by atoms with E-state index in [1.165, 1.54) is 25.7 Å². The summed E-state index contributed by atoms with van der Waals surface area (Å²) in [6, 6.07) is 0. The lowest BCUT2D eigenvalue weighted by molar-refractivity contribution is 0.0420. The van der Waals surface area contributed by atoms with Crippen molar-refractivity contribution in [2.75, 3.05) is 6.61 Å². The van der Waals surface area contributed by atoms with Crippen molar-refractivity contribution < 1.29 is 4.74 Å². The van der Waals surface area contributed by atoms with Gasteiger partial charge in [-0.05, 0) is 19.8 Å². The highest BCUT2D eigenvalue weighted by molar-refractivity contribution is 7.81. The van der Waals surface area contributed by atoms with E-state index in [4.69, 9.17) is 4.74 Å². The molecule has 0 aliphatic heterocycles. The molecule has 0 amide bonds. The molecule has 1 aliphatic carbocycles. The predicted octanol–water partition coefficient (Wildman–Crippen LogP) is 2.26. The molecular formula is C8H16OS. The van der Waals surface area contributed by atoms with Crippen LogP contribution in [0.2, 0.25) is 0 Å². The van der Waals surface area contributed by atoms with Gasteiger partial charge in [0.1, 0.15) is 0 Å². The van der Waals surface area contributed by atoms with Crippen LogP contribution in [0.15, 0.2) is 0 Å². The predicted molar refractivity (Wildman–Crippen MR) is 46.7 cm³/mol. The van der Waals surface area contributed by atoms with Gasteiger partial charge >= 0.3 is 0 Å². The Morgan fingerprint density at radius 3 is 2.70 bits per heavy atom. The van der Waals surface area contributed by atoms with Gasteiger partial charge in [0.25, 0.3) is 0 Å². The van der Waals surface area contributed by atoms with Crippen LogP contribution in [0.1, 0.15) is 32.6 Å². The summed E-state index contributed by atoms with van der Waals surface area (Å²) in [6.45, 7) is 2.89. The molecule has 1 fully saturated rings. The highest BCUT2D eigenvalue weighted by Crippen LogP contribution is 2.24. The molecule has 2 atom stereocenters. The van der Waals surface area contributed by atoms with Gasteiger partial charge < -0.3 is 4.74 Å². The molecule has 0 aromatic carbocycles. The van der Waals surface area contributed by atoms with E-state index in [1.54, 1.807) is 0 Å². The molecule has 2 heteroatoms. The van der Waals surface area contributed by atoms with Crippen LogP contribution in [0.4, 0.5) is 0 Å². The monoisotopic (exact) mass is 160 g/mol. The minimum Gasteiger partial charge on any atom is -0.377 e. The lowest BCUT2D eigenvalue weighted by atomic mass is 9.97. The van der Waals surface area contributed by atoms with E-state index in [-0.39, 0.29) is 0 Å². The second-order valence-corrected chi connectivity index (χ2v) is 3.51. The van der Waals surface area contributed by atoms with Gasteiger partial charge in [-0.2, -0.15) is 12.6 Å². The van der Waals surface area contributed by atoms with E-state index in [0.29, 0.717) is 11.4 Å². The van der Waals surface area contributed by atoms with Crippen molar-refractivity contribution in [1.29, 1.82) is 0 Å². The maximum Gasteiger partial charge on any atom is 0.0690 e.